The Morgan fingerprint density at radius 2 is 1.70 bits per heavy atom. The van der Waals surface area contributed by atoms with E-state index in [2.05, 4.69) is 10.5 Å². The molecule has 0 aromatic heterocycles. The molecule has 0 aliphatic rings. The van der Waals surface area contributed by atoms with E-state index in [-0.39, 0.29) is 10.6 Å². The summed E-state index contributed by atoms with van der Waals surface area (Å²) in [6.07, 6.45) is 1.47. The third-order valence-electron chi connectivity index (χ3n) is 3.97. The summed E-state index contributed by atoms with van der Waals surface area (Å²) >= 11 is 11.8. The summed E-state index contributed by atoms with van der Waals surface area (Å²) < 4.78 is 10.5. The first-order valence-corrected chi connectivity index (χ1v) is 9.47. The van der Waals surface area contributed by atoms with Crippen LogP contribution in [0.5, 0.6) is 11.5 Å². The normalized spacial score (nSPS) is 10.6. The summed E-state index contributed by atoms with van der Waals surface area (Å²) in [5.41, 5.74) is 3.72. The van der Waals surface area contributed by atoms with Crippen LogP contribution in [0.2, 0.25) is 10.0 Å². The van der Waals surface area contributed by atoms with Crippen molar-refractivity contribution in [2.24, 2.45) is 5.10 Å². The lowest BCUT2D eigenvalue weighted by atomic mass is 10.2. The molecule has 0 saturated heterocycles. The summed E-state index contributed by atoms with van der Waals surface area (Å²) in [5, 5.41) is 4.57. The van der Waals surface area contributed by atoms with Crippen molar-refractivity contribution >= 4 is 41.3 Å². The van der Waals surface area contributed by atoms with Crippen molar-refractivity contribution in [1.82, 2.24) is 5.43 Å². The van der Waals surface area contributed by atoms with Gasteiger partial charge in [0.05, 0.1) is 29.5 Å². The predicted octanol–water partition coefficient (Wildman–Crippen LogP) is 4.99. The third-order valence-corrected chi connectivity index (χ3v) is 4.52. The minimum Gasteiger partial charge on any atom is -0.496 e. The fourth-order valence-electron chi connectivity index (χ4n) is 2.50. The van der Waals surface area contributed by atoms with Gasteiger partial charge in [-0.3, -0.25) is 4.79 Å². The number of esters is 1. The highest BCUT2D eigenvalue weighted by atomic mass is 35.5. The number of amides is 1. The van der Waals surface area contributed by atoms with Gasteiger partial charge in [-0.1, -0.05) is 35.3 Å². The zero-order chi connectivity index (χ0) is 21.5. The molecule has 0 aliphatic carbocycles. The van der Waals surface area contributed by atoms with Gasteiger partial charge < -0.3 is 9.47 Å². The number of nitrogens with zero attached hydrogens (tertiary/aromatic N) is 1. The van der Waals surface area contributed by atoms with Crippen LogP contribution >= 0.6 is 23.2 Å². The zero-order valence-electron chi connectivity index (χ0n) is 15.8. The number of carbonyl (C=O) groups is 2. The Balaban J connectivity index is 1.60. The van der Waals surface area contributed by atoms with Crippen LogP contribution in [0.25, 0.3) is 0 Å². The first-order chi connectivity index (χ1) is 14.5. The van der Waals surface area contributed by atoms with Crippen LogP contribution in [0, 0.1) is 0 Å². The second-order valence-corrected chi connectivity index (χ2v) is 6.83. The van der Waals surface area contributed by atoms with E-state index >= 15 is 0 Å². The Morgan fingerprint density at radius 3 is 2.40 bits per heavy atom. The van der Waals surface area contributed by atoms with Gasteiger partial charge in [-0.15, -0.1) is 0 Å². The molecule has 1 amide bonds. The lowest BCUT2D eigenvalue weighted by molar-refractivity contribution is 0.0734. The smallest absolute Gasteiger partial charge is 0.345 e. The van der Waals surface area contributed by atoms with Crippen molar-refractivity contribution in [2.45, 2.75) is 0 Å². The van der Waals surface area contributed by atoms with Crippen LogP contribution in [0.3, 0.4) is 0 Å². The summed E-state index contributed by atoms with van der Waals surface area (Å²) in [6, 6.07) is 17.9. The molecule has 8 heteroatoms. The predicted molar refractivity (Wildman–Crippen MR) is 116 cm³/mol. The van der Waals surface area contributed by atoms with Gasteiger partial charge in [-0.25, -0.2) is 10.2 Å². The molecule has 0 saturated carbocycles. The molecule has 30 heavy (non-hydrogen) atoms. The number of hydrogen-bond acceptors (Lipinski definition) is 5. The van der Waals surface area contributed by atoms with Gasteiger partial charge in [0.15, 0.2) is 0 Å². The molecule has 0 aliphatic heterocycles. The van der Waals surface area contributed by atoms with Crippen LogP contribution in [-0.2, 0) is 0 Å². The molecule has 6 nitrogen and oxygen atoms in total. The van der Waals surface area contributed by atoms with Gasteiger partial charge in [-0.2, -0.15) is 5.10 Å². The first-order valence-electron chi connectivity index (χ1n) is 8.71. The molecule has 0 spiro atoms. The number of hydrogen-bond donors (Lipinski definition) is 1. The fraction of sp³-hybridized carbons (Fsp3) is 0.0455. The van der Waals surface area contributed by atoms with Crippen molar-refractivity contribution in [1.29, 1.82) is 0 Å². The second-order valence-electron chi connectivity index (χ2n) is 5.98. The minimum atomic E-state index is -0.595. The topological polar surface area (TPSA) is 77.0 Å². The van der Waals surface area contributed by atoms with Crippen LogP contribution in [0.4, 0.5) is 0 Å². The zero-order valence-corrected chi connectivity index (χ0v) is 17.3. The third kappa shape index (κ3) is 5.37. The highest BCUT2D eigenvalue weighted by molar-refractivity contribution is 6.36. The Hall–Kier alpha value is -3.35. The number of halogens is 2. The largest absolute Gasteiger partial charge is 0.496 e. The molecule has 0 unspecified atom stereocenters. The molecule has 0 heterocycles. The van der Waals surface area contributed by atoms with E-state index in [1.807, 2.05) is 0 Å². The van der Waals surface area contributed by atoms with Gasteiger partial charge in [0.25, 0.3) is 5.91 Å². The number of rotatable bonds is 6. The number of hydrazone groups is 1. The maximum Gasteiger partial charge on any atom is 0.345 e. The van der Waals surface area contributed by atoms with E-state index in [0.717, 1.165) is 0 Å². The van der Waals surface area contributed by atoms with Crippen LogP contribution < -0.4 is 14.9 Å². The monoisotopic (exact) mass is 442 g/mol. The molecule has 0 atom stereocenters. The quantitative estimate of drug-likeness (QED) is 0.252. The molecule has 3 aromatic rings. The van der Waals surface area contributed by atoms with E-state index in [0.29, 0.717) is 27.6 Å². The minimum absolute atomic E-state index is 0.210. The molecule has 1 N–H and O–H groups in total. The maximum absolute atomic E-state index is 12.2. The first kappa shape index (κ1) is 21.4. The Kier molecular flexibility index (Phi) is 7.06. The number of ether oxygens (including phenoxy) is 2. The fourth-order valence-corrected chi connectivity index (χ4v) is 2.98. The molecule has 3 aromatic carbocycles. The van der Waals surface area contributed by atoms with Crippen LogP contribution in [-0.4, -0.2) is 25.2 Å². The van der Waals surface area contributed by atoms with Crippen molar-refractivity contribution in [3.05, 3.63) is 93.5 Å². The van der Waals surface area contributed by atoms with E-state index in [4.69, 9.17) is 32.7 Å². The summed E-state index contributed by atoms with van der Waals surface area (Å²) in [4.78, 5) is 24.4. The van der Waals surface area contributed by atoms with Crippen molar-refractivity contribution in [2.75, 3.05) is 7.11 Å². The van der Waals surface area contributed by atoms with Crippen molar-refractivity contribution in [3.63, 3.8) is 0 Å². The number of para-hydroxylation sites is 1. The van der Waals surface area contributed by atoms with Gasteiger partial charge >= 0.3 is 5.97 Å². The summed E-state index contributed by atoms with van der Waals surface area (Å²) in [6.45, 7) is 0. The van der Waals surface area contributed by atoms with E-state index in [1.165, 1.54) is 25.5 Å². The average molecular weight is 443 g/mol. The molecule has 0 radical (unpaired) electrons. The number of benzene rings is 3. The SMILES string of the molecule is COc1ccccc1C(=O)N/N=C/c1ccc(OC(=O)c2ccc(Cl)cc2Cl)cc1. The standard InChI is InChI=1S/C22H16Cl2N2O4/c1-29-20-5-3-2-4-18(20)21(27)26-25-13-14-6-9-16(10-7-14)30-22(28)17-11-8-15(23)12-19(17)24/h2-13H,1H3,(H,26,27)/b25-13+. The lowest BCUT2D eigenvalue weighted by Gasteiger charge is -2.07. The Labute approximate surface area is 183 Å². The molecular formula is C22H16Cl2N2O4. The maximum atomic E-state index is 12.2. The number of nitrogens with one attached hydrogen (secondary N) is 1. The van der Waals surface area contributed by atoms with Gasteiger partial charge in [0.1, 0.15) is 11.5 Å². The van der Waals surface area contributed by atoms with E-state index in [9.17, 15) is 9.59 Å². The molecule has 3 rings (SSSR count). The molecule has 0 bridgehead atoms. The molecule has 152 valence electrons. The van der Waals surface area contributed by atoms with Crippen molar-refractivity contribution < 1.29 is 19.1 Å². The van der Waals surface area contributed by atoms with Gasteiger partial charge in [0.2, 0.25) is 0 Å². The average Bonchev–Trinajstić information content (AvgIpc) is 2.74. The van der Waals surface area contributed by atoms with Crippen molar-refractivity contribution in [3.8, 4) is 11.5 Å². The van der Waals surface area contributed by atoms with E-state index < -0.39 is 11.9 Å². The summed E-state index contributed by atoms with van der Waals surface area (Å²) in [7, 11) is 1.49. The van der Waals surface area contributed by atoms with Crippen LogP contribution in [0.15, 0.2) is 71.8 Å². The van der Waals surface area contributed by atoms with Gasteiger partial charge in [-0.05, 0) is 60.2 Å². The number of carbonyl (C=O) groups excluding carboxylic acids is 2. The molecule has 0 fully saturated rings. The highest BCUT2D eigenvalue weighted by Gasteiger charge is 2.13. The van der Waals surface area contributed by atoms with Crippen LogP contribution in [0.1, 0.15) is 26.3 Å². The van der Waals surface area contributed by atoms with E-state index in [1.54, 1.807) is 54.6 Å². The van der Waals surface area contributed by atoms with Gasteiger partial charge in [0, 0.05) is 5.02 Å². The number of methoxy groups -OCH3 is 1. The molecular weight excluding hydrogens is 427 g/mol. The second kappa shape index (κ2) is 9.91. The lowest BCUT2D eigenvalue weighted by Crippen LogP contribution is -2.18. The highest BCUT2D eigenvalue weighted by Crippen LogP contribution is 2.23. The Bertz CT molecular complexity index is 1100. The Morgan fingerprint density at radius 1 is 0.967 bits per heavy atom. The summed E-state index contributed by atoms with van der Waals surface area (Å²) in [5.74, 6) is -0.199.